The summed E-state index contributed by atoms with van der Waals surface area (Å²) in [6, 6.07) is 7.06. The fraction of sp³-hybridized carbons (Fsp3) is 0.556. The molecule has 1 amide bonds. The van der Waals surface area contributed by atoms with E-state index in [1.54, 1.807) is 38.4 Å². The number of carbonyl (C=O) groups excluding carboxylic acids is 1. The van der Waals surface area contributed by atoms with Crippen molar-refractivity contribution in [2.45, 2.75) is 19.3 Å². The summed E-state index contributed by atoms with van der Waals surface area (Å²) >= 11 is 5.82. The van der Waals surface area contributed by atoms with Gasteiger partial charge in [-0.25, -0.2) is 0 Å². The van der Waals surface area contributed by atoms with Gasteiger partial charge in [0.2, 0.25) is 5.91 Å². The van der Waals surface area contributed by atoms with Gasteiger partial charge in [0.05, 0.1) is 13.2 Å². The van der Waals surface area contributed by atoms with Crippen LogP contribution in [0, 0.1) is 0 Å². The number of benzene rings is 1. The second-order valence-electron chi connectivity index (χ2n) is 5.54. The zero-order valence-corrected chi connectivity index (χ0v) is 16.3. The maximum atomic E-state index is 11.9. The highest BCUT2D eigenvalue weighted by Crippen LogP contribution is 2.13. The molecule has 0 atom stereocenters. The van der Waals surface area contributed by atoms with Crippen molar-refractivity contribution in [3.63, 3.8) is 0 Å². The van der Waals surface area contributed by atoms with Crippen LogP contribution in [0.1, 0.15) is 19.3 Å². The molecule has 0 aliphatic heterocycles. The summed E-state index contributed by atoms with van der Waals surface area (Å²) in [7, 11) is 3.37. The topological polar surface area (TPSA) is 84.0 Å². The molecule has 0 saturated carbocycles. The van der Waals surface area contributed by atoms with Crippen molar-refractivity contribution in [1.82, 2.24) is 10.6 Å². The van der Waals surface area contributed by atoms with Gasteiger partial charge >= 0.3 is 0 Å². The van der Waals surface area contributed by atoms with Crippen molar-refractivity contribution in [2.24, 2.45) is 4.99 Å². The lowest BCUT2D eigenvalue weighted by molar-refractivity contribution is -0.116. The lowest BCUT2D eigenvalue weighted by atomic mass is 10.2. The summed E-state index contributed by atoms with van der Waals surface area (Å²) in [4.78, 5) is 16.0. The fourth-order valence-corrected chi connectivity index (χ4v) is 2.18. The predicted octanol–water partition coefficient (Wildman–Crippen LogP) is 2.28. The number of halogens is 1. The van der Waals surface area contributed by atoms with E-state index in [1.165, 1.54) is 0 Å². The van der Waals surface area contributed by atoms with E-state index in [9.17, 15) is 4.79 Å². The summed E-state index contributed by atoms with van der Waals surface area (Å²) in [6.45, 7) is 3.34. The molecule has 7 nitrogen and oxygen atoms in total. The minimum absolute atomic E-state index is 0.0229. The number of ether oxygens (including phenoxy) is 2. The molecule has 26 heavy (non-hydrogen) atoms. The number of methoxy groups -OCH3 is 1. The monoisotopic (exact) mass is 384 g/mol. The third-order valence-electron chi connectivity index (χ3n) is 3.41. The molecule has 0 aliphatic carbocycles. The third-order valence-corrected chi connectivity index (χ3v) is 3.67. The Bertz CT molecular complexity index is 538. The Labute approximate surface area is 160 Å². The number of anilines is 1. The first-order chi connectivity index (χ1) is 12.7. The summed E-state index contributed by atoms with van der Waals surface area (Å²) in [5.74, 6) is 0.699. The number of amides is 1. The van der Waals surface area contributed by atoms with Crippen LogP contribution in [0.3, 0.4) is 0 Å². The smallest absolute Gasteiger partial charge is 0.224 e. The number of nitrogens with zero attached hydrogens (tertiary/aromatic N) is 1. The first-order valence-corrected chi connectivity index (χ1v) is 9.10. The van der Waals surface area contributed by atoms with Crippen molar-refractivity contribution < 1.29 is 14.3 Å². The maximum absolute atomic E-state index is 11.9. The SMILES string of the molecule is CN=C(NCCCOCCOC)NCCCC(=O)Nc1ccc(Cl)cc1. The van der Waals surface area contributed by atoms with Crippen LogP contribution in [0.2, 0.25) is 5.02 Å². The molecule has 0 bridgehead atoms. The molecule has 8 heteroatoms. The van der Waals surface area contributed by atoms with Crippen molar-refractivity contribution in [1.29, 1.82) is 0 Å². The molecule has 0 saturated heterocycles. The van der Waals surface area contributed by atoms with Gasteiger partial charge in [-0.2, -0.15) is 0 Å². The standard InChI is InChI=1S/C18H29ClN4O3/c1-20-18(22-11-4-12-26-14-13-25-2)21-10-3-5-17(24)23-16-8-6-15(19)7-9-16/h6-9H,3-5,10-14H2,1-2H3,(H,23,24)(H2,20,21,22). The number of hydrogen-bond donors (Lipinski definition) is 3. The lowest BCUT2D eigenvalue weighted by Gasteiger charge is -2.12. The van der Waals surface area contributed by atoms with E-state index in [-0.39, 0.29) is 5.91 Å². The zero-order valence-electron chi connectivity index (χ0n) is 15.5. The molecule has 1 aromatic carbocycles. The molecule has 0 aliphatic rings. The molecular weight excluding hydrogens is 356 g/mol. The van der Waals surface area contributed by atoms with Gasteiger partial charge < -0.3 is 25.4 Å². The molecule has 0 unspecified atom stereocenters. The van der Waals surface area contributed by atoms with Gasteiger partial charge in [0.25, 0.3) is 0 Å². The van der Waals surface area contributed by atoms with Gasteiger partial charge in [0.1, 0.15) is 0 Å². The first-order valence-electron chi connectivity index (χ1n) is 8.72. The van der Waals surface area contributed by atoms with E-state index >= 15 is 0 Å². The quantitative estimate of drug-likeness (QED) is 0.292. The number of hydrogen-bond acceptors (Lipinski definition) is 4. The minimum atomic E-state index is -0.0229. The second-order valence-corrected chi connectivity index (χ2v) is 5.98. The Kier molecular flexibility index (Phi) is 12.3. The van der Waals surface area contributed by atoms with E-state index in [4.69, 9.17) is 21.1 Å². The molecule has 0 aromatic heterocycles. The van der Waals surface area contributed by atoms with Gasteiger partial charge in [-0.15, -0.1) is 0 Å². The number of nitrogens with one attached hydrogen (secondary N) is 3. The molecule has 0 heterocycles. The van der Waals surface area contributed by atoms with Crippen LogP contribution in [-0.4, -0.2) is 58.9 Å². The minimum Gasteiger partial charge on any atom is -0.382 e. The Morgan fingerprint density at radius 3 is 2.42 bits per heavy atom. The van der Waals surface area contributed by atoms with Crippen molar-refractivity contribution >= 4 is 29.2 Å². The van der Waals surface area contributed by atoms with Crippen LogP contribution in [0.25, 0.3) is 0 Å². The molecule has 1 rings (SSSR count). The van der Waals surface area contributed by atoms with Crippen molar-refractivity contribution in [2.75, 3.05) is 52.4 Å². The molecule has 0 radical (unpaired) electrons. The van der Waals surface area contributed by atoms with Crippen LogP contribution >= 0.6 is 11.6 Å². The van der Waals surface area contributed by atoms with Gasteiger partial charge in [-0.1, -0.05) is 11.6 Å². The predicted molar refractivity (Wildman–Crippen MR) is 106 cm³/mol. The Balaban J connectivity index is 2.07. The average molecular weight is 385 g/mol. The molecule has 146 valence electrons. The number of rotatable bonds is 12. The van der Waals surface area contributed by atoms with E-state index < -0.39 is 0 Å². The Morgan fingerprint density at radius 2 is 1.77 bits per heavy atom. The van der Waals surface area contributed by atoms with Gasteiger partial charge in [-0.3, -0.25) is 9.79 Å². The zero-order chi connectivity index (χ0) is 19.0. The molecular formula is C18H29ClN4O3. The average Bonchev–Trinajstić information content (AvgIpc) is 2.64. The van der Waals surface area contributed by atoms with Crippen molar-refractivity contribution in [3.8, 4) is 0 Å². The summed E-state index contributed by atoms with van der Waals surface area (Å²) < 4.78 is 10.3. The fourth-order valence-electron chi connectivity index (χ4n) is 2.06. The highest BCUT2D eigenvalue weighted by Gasteiger charge is 2.03. The molecule has 3 N–H and O–H groups in total. The second kappa shape index (κ2) is 14.4. The number of guanidine groups is 1. The van der Waals surface area contributed by atoms with E-state index in [0.717, 1.165) is 24.6 Å². The van der Waals surface area contributed by atoms with Gasteiger partial charge in [0, 0.05) is 51.0 Å². The Morgan fingerprint density at radius 1 is 1.08 bits per heavy atom. The largest absolute Gasteiger partial charge is 0.382 e. The van der Waals surface area contributed by atoms with E-state index in [2.05, 4.69) is 20.9 Å². The summed E-state index contributed by atoms with van der Waals surface area (Å²) in [5, 5.41) is 9.88. The summed E-state index contributed by atoms with van der Waals surface area (Å²) in [6.07, 6.45) is 2.02. The van der Waals surface area contributed by atoms with Gasteiger partial charge in [0.15, 0.2) is 5.96 Å². The summed E-state index contributed by atoms with van der Waals surface area (Å²) in [5.41, 5.74) is 0.748. The van der Waals surface area contributed by atoms with Crippen LogP contribution in [0.15, 0.2) is 29.3 Å². The molecule has 0 fully saturated rings. The molecule has 1 aromatic rings. The van der Waals surface area contributed by atoms with Crippen LogP contribution < -0.4 is 16.0 Å². The van der Waals surface area contributed by atoms with Crippen LogP contribution in [-0.2, 0) is 14.3 Å². The van der Waals surface area contributed by atoms with Crippen molar-refractivity contribution in [3.05, 3.63) is 29.3 Å². The molecule has 0 spiro atoms. The maximum Gasteiger partial charge on any atom is 0.224 e. The normalized spacial score (nSPS) is 11.3. The number of aliphatic imine (C=N–C) groups is 1. The highest BCUT2D eigenvalue weighted by atomic mass is 35.5. The van der Waals surface area contributed by atoms with Crippen LogP contribution in [0.5, 0.6) is 0 Å². The van der Waals surface area contributed by atoms with E-state index in [0.29, 0.717) is 44.2 Å². The number of carbonyl (C=O) groups is 1. The van der Waals surface area contributed by atoms with Crippen LogP contribution in [0.4, 0.5) is 5.69 Å². The van der Waals surface area contributed by atoms with Gasteiger partial charge in [-0.05, 0) is 37.1 Å². The Hall–Kier alpha value is -1.83. The third kappa shape index (κ3) is 10.9. The van der Waals surface area contributed by atoms with E-state index in [1.807, 2.05) is 0 Å². The highest BCUT2D eigenvalue weighted by molar-refractivity contribution is 6.30. The lowest BCUT2D eigenvalue weighted by Crippen LogP contribution is -2.38. The first kappa shape index (κ1) is 22.2.